The Bertz CT molecular complexity index is 636. The molecule has 0 spiro atoms. The van der Waals surface area contributed by atoms with Gasteiger partial charge in [-0.05, 0) is 104 Å². The molecule has 144 valence electrons. The van der Waals surface area contributed by atoms with Gasteiger partial charge >= 0.3 is 5.97 Å². The van der Waals surface area contributed by atoms with Crippen LogP contribution in [0.15, 0.2) is 11.6 Å². The molecule has 5 aliphatic rings. The van der Waals surface area contributed by atoms with E-state index in [1.807, 2.05) is 5.57 Å². The third kappa shape index (κ3) is 2.32. The van der Waals surface area contributed by atoms with Gasteiger partial charge in [-0.3, -0.25) is 4.79 Å². The van der Waals surface area contributed by atoms with Crippen molar-refractivity contribution in [3.05, 3.63) is 11.6 Å². The maximum absolute atomic E-state index is 11.1. The highest BCUT2D eigenvalue weighted by molar-refractivity contribution is 5.65. The molecule has 26 heavy (non-hydrogen) atoms. The SMILES string of the molecule is CC(=O)OCC[C@H]1CC[C@H]2[C@@H]3CCC4=CCC5CC5[C@]4(C)[C@H]3CC[C@]12C. The lowest BCUT2D eigenvalue weighted by atomic mass is 9.46. The van der Waals surface area contributed by atoms with Crippen molar-refractivity contribution < 1.29 is 9.53 Å². The Balaban J connectivity index is 1.36. The number of carbonyl (C=O) groups is 1. The molecule has 0 saturated heterocycles. The van der Waals surface area contributed by atoms with E-state index >= 15 is 0 Å². The Kier molecular flexibility index (Phi) is 3.90. The maximum atomic E-state index is 11.1. The molecule has 0 bridgehead atoms. The van der Waals surface area contributed by atoms with Crippen LogP contribution in [0.3, 0.4) is 0 Å². The summed E-state index contributed by atoms with van der Waals surface area (Å²) >= 11 is 0. The monoisotopic (exact) mass is 356 g/mol. The van der Waals surface area contributed by atoms with Crippen LogP contribution in [0.4, 0.5) is 0 Å². The number of hydrogen-bond acceptors (Lipinski definition) is 2. The Morgan fingerprint density at radius 1 is 1.15 bits per heavy atom. The Labute approximate surface area is 159 Å². The van der Waals surface area contributed by atoms with Crippen molar-refractivity contribution in [2.75, 3.05) is 6.61 Å². The van der Waals surface area contributed by atoms with E-state index in [1.165, 1.54) is 58.3 Å². The number of allylic oxidation sites excluding steroid dienone is 2. The van der Waals surface area contributed by atoms with Crippen molar-refractivity contribution in [1.82, 2.24) is 0 Å². The molecule has 0 radical (unpaired) electrons. The standard InChI is InChI=1S/C24H36O2/c1-15(25)26-13-11-17-7-9-20-19-8-6-18-5-4-16-14-22(16)24(18,3)21(19)10-12-23(17,20)2/h5,16-17,19-22H,4,6-14H2,1-3H3/t16?,17-,19+,20+,21+,22?,23-,24+/m1/s1. The van der Waals surface area contributed by atoms with Crippen LogP contribution in [0, 0.1) is 46.3 Å². The molecule has 0 N–H and O–H groups in total. The van der Waals surface area contributed by atoms with E-state index in [0.29, 0.717) is 17.4 Å². The van der Waals surface area contributed by atoms with Crippen molar-refractivity contribution in [1.29, 1.82) is 0 Å². The summed E-state index contributed by atoms with van der Waals surface area (Å²) in [6.07, 6.45) is 15.1. The number of hydrogen-bond donors (Lipinski definition) is 0. The van der Waals surface area contributed by atoms with Crippen LogP contribution in [0.1, 0.15) is 78.6 Å². The normalized spacial score (nSPS) is 51.4. The van der Waals surface area contributed by atoms with E-state index in [9.17, 15) is 4.79 Å². The van der Waals surface area contributed by atoms with Crippen LogP contribution >= 0.6 is 0 Å². The first-order valence-corrected chi connectivity index (χ1v) is 11.3. The van der Waals surface area contributed by atoms with Gasteiger partial charge in [-0.25, -0.2) is 0 Å². The van der Waals surface area contributed by atoms with Gasteiger partial charge in [0, 0.05) is 6.92 Å². The fourth-order valence-corrected chi connectivity index (χ4v) is 8.56. The smallest absolute Gasteiger partial charge is 0.302 e. The van der Waals surface area contributed by atoms with Crippen molar-refractivity contribution in [3.63, 3.8) is 0 Å². The van der Waals surface area contributed by atoms with E-state index in [-0.39, 0.29) is 5.97 Å². The fraction of sp³-hybridized carbons (Fsp3) is 0.875. The molecule has 0 aromatic carbocycles. The third-order valence-corrected chi connectivity index (χ3v) is 9.97. The van der Waals surface area contributed by atoms with Crippen LogP contribution in [0.2, 0.25) is 0 Å². The molecule has 5 rings (SSSR count). The summed E-state index contributed by atoms with van der Waals surface area (Å²) in [5.41, 5.74) is 2.89. The van der Waals surface area contributed by atoms with Gasteiger partial charge in [0.2, 0.25) is 0 Å². The van der Waals surface area contributed by atoms with Crippen LogP contribution in [-0.2, 0) is 9.53 Å². The first-order chi connectivity index (χ1) is 12.4. The van der Waals surface area contributed by atoms with Gasteiger partial charge in [-0.1, -0.05) is 25.5 Å². The number of rotatable bonds is 3. The van der Waals surface area contributed by atoms with E-state index in [4.69, 9.17) is 4.74 Å². The molecule has 0 aromatic rings. The van der Waals surface area contributed by atoms with E-state index in [0.717, 1.165) is 41.9 Å². The van der Waals surface area contributed by atoms with Crippen LogP contribution in [0.25, 0.3) is 0 Å². The summed E-state index contributed by atoms with van der Waals surface area (Å²) in [5.74, 6) is 5.50. The highest BCUT2D eigenvalue weighted by atomic mass is 16.5. The topological polar surface area (TPSA) is 26.3 Å². The molecule has 0 heterocycles. The van der Waals surface area contributed by atoms with Gasteiger partial charge in [-0.2, -0.15) is 0 Å². The molecule has 0 aromatic heterocycles. The minimum atomic E-state index is -0.121. The van der Waals surface area contributed by atoms with Crippen LogP contribution < -0.4 is 0 Å². The van der Waals surface area contributed by atoms with Crippen molar-refractivity contribution in [2.45, 2.75) is 78.6 Å². The quantitative estimate of drug-likeness (QED) is 0.474. The molecule has 0 aliphatic heterocycles. The Morgan fingerprint density at radius 2 is 2.00 bits per heavy atom. The van der Waals surface area contributed by atoms with E-state index in [1.54, 1.807) is 0 Å². The van der Waals surface area contributed by atoms with Gasteiger partial charge in [0.05, 0.1) is 6.61 Å². The summed E-state index contributed by atoms with van der Waals surface area (Å²) in [6.45, 7) is 7.42. The Hall–Kier alpha value is -0.790. The molecule has 0 amide bonds. The van der Waals surface area contributed by atoms with Gasteiger partial charge in [0.1, 0.15) is 0 Å². The molecular formula is C24H36O2. The number of ether oxygens (including phenoxy) is 1. The molecule has 4 saturated carbocycles. The van der Waals surface area contributed by atoms with Gasteiger partial charge in [0.15, 0.2) is 0 Å². The molecule has 4 fully saturated rings. The zero-order valence-corrected chi connectivity index (χ0v) is 16.9. The van der Waals surface area contributed by atoms with Crippen molar-refractivity contribution in [3.8, 4) is 0 Å². The molecule has 8 atom stereocenters. The summed E-state index contributed by atoms with van der Waals surface area (Å²) in [7, 11) is 0. The second-order valence-electron chi connectivity index (χ2n) is 10.7. The van der Waals surface area contributed by atoms with Gasteiger partial charge in [-0.15, -0.1) is 0 Å². The lowest BCUT2D eigenvalue weighted by Crippen LogP contribution is -2.51. The third-order valence-electron chi connectivity index (χ3n) is 9.97. The molecule has 2 heteroatoms. The maximum Gasteiger partial charge on any atom is 0.302 e. The predicted octanol–water partition coefficient (Wildman–Crippen LogP) is 5.76. The highest BCUT2D eigenvalue weighted by Gasteiger charge is 2.64. The summed E-state index contributed by atoms with van der Waals surface area (Å²) < 4.78 is 5.30. The number of esters is 1. The number of carbonyl (C=O) groups excluding carboxylic acids is 1. The first-order valence-electron chi connectivity index (χ1n) is 11.3. The Morgan fingerprint density at radius 3 is 2.81 bits per heavy atom. The second-order valence-corrected chi connectivity index (χ2v) is 10.7. The zero-order valence-electron chi connectivity index (χ0n) is 16.9. The summed E-state index contributed by atoms with van der Waals surface area (Å²) in [5, 5.41) is 0. The lowest BCUT2D eigenvalue weighted by Gasteiger charge is -2.58. The molecule has 5 aliphatic carbocycles. The summed E-state index contributed by atoms with van der Waals surface area (Å²) in [4.78, 5) is 11.1. The van der Waals surface area contributed by atoms with Crippen LogP contribution in [-0.4, -0.2) is 12.6 Å². The minimum absolute atomic E-state index is 0.121. The van der Waals surface area contributed by atoms with Crippen LogP contribution in [0.5, 0.6) is 0 Å². The first kappa shape index (κ1) is 17.3. The fourth-order valence-electron chi connectivity index (χ4n) is 8.56. The van der Waals surface area contributed by atoms with E-state index in [2.05, 4.69) is 19.9 Å². The second kappa shape index (κ2) is 5.85. The average Bonchev–Trinajstić information content (AvgIpc) is 3.32. The summed E-state index contributed by atoms with van der Waals surface area (Å²) in [6, 6.07) is 0. The zero-order chi connectivity index (χ0) is 18.1. The lowest BCUT2D eigenvalue weighted by molar-refractivity contribution is -0.141. The average molecular weight is 357 g/mol. The molecule has 2 nitrogen and oxygen atoms in total. The predicted molar refractivity (Wildman–Crippen MR) is 103 cm³/mol. The number of fused-ring (bicyclic) bond motifs is 7. The minimum Gasteiger partial charge on any atom is -0.466 e. The highest BCUT2D eigenvalue weighted by Crippen LogP contribution is 2.72. The van der Waals surface area contributed by atoms with Crippen molar-refractivity contribution in [2.24, 2.45) is 46.3 Å². The van der Waals surface area contributed by atoms with Gasteiger partial charge < -0.3 is 4.74 Å². The van der Waals surface area contributed by atoms with Crippen molar-refractivity contribution >= 4 is 5.97 Å². The van der Waals surface area contributed by atoms with E-state index < -0.39 is 0 Å². The largest absolute Gasteiger partial charge is 0.466 e. The molecular weight excluding hydrogens is 320 g/mol. The van der Waals surface area contributed by atoms with Gasteiger partial charge in [0.25, 0.3) is 0 Å². The molecule has 2 unspecified atom stereocenters.